The molecule has 0 spiro atoms. The van der Waals surface area contributed by atoms with Gasteiger partial charge < -0.3 is 10.4 Å². The fraction of sp³-hybridized carbons (Fsp3) is 0.143. The average molecular weight is 322 g/mol. The van der Waals surface area contributed by atoms with Crippen molar-refractivity contribution in [2.75, 3.05) is 6.54 Å². The van der Waals surface area contributed by atoms with Crippen molar-refractivity contribution >= 4 is 23.5 Å². The zero-order chi connectivity index (χ0) is 16.1. The van der Waals surface area contributed by atoms with Crippen LogP contribution in [-0.2, 0) is 16.1 Å². The van der Waals surface area contributed by atoms with Gasteiger partial charge in [-0.25, -0.2) is 4.68 Å². The molecule has 0 aliphatic rings. The minimum absolute atomic E-state index is 0.371. The van der Waals surface area contributed by atoms with E-state index in [1.165, 1.54) is 12.1 Å². The molecule has 0 saturated carbocycles. The first kappa shape index (κ1) is 15.7. The Labute approximate surface area is 130 Å². The number of rotatable bonds is 5. The maximum Gasteiger partial charge on any atom is 0.322 e. The summed E-state index contributed by atoms with van der Waals surface area (Å²) in [6.45, 7) is -0.887. The molecule has 0 unspecified atom stereocenters. The number of carbonyl (C=O) groups is 2. The van der Waals surface area contributed by atoms with Crippen LogP contribution >= 0.6 is 11.6 Å². The summed E-state index contributed by atoms with van der Waals surface area (Å²) in [5, 5.41) is 15.2. The third-order valence-electron chi connectivity index (χ3n) is 2.75. The number of carbonyl (C=O) groups excluding carboxylic acids is 1. The van der Waals surface area contributed by atoms with Crippen molar-refractivity contribution in [3.8, 4) is 11.3 Å². The fourth-order valence-electron chi connectivity index (χ4n) is 1.74. The maximum atomic E-state index is 11.7. The first-order chi connectivity index (χ1) is 10.5. The highest BCUT2D eigenvalue weighted by molar-refractivity contribution is 6.33. The van der Waals surface area contributed by atoms with Gasteiger partial charge in [-0.05, 0) is 12.1 Å². The molecule has 0 aliphatic carbocycles. The van der Waals surface area contributed by atoms with E-state index in [2.05, 4.69) is 10.4 Å². The highest BCUT2D eigenvalue weighted by Gasteiger charge is 2.10. The molecule has 2 N–H and O–H groups in total. The lowest BCUT2D eigenvalue weighted by atomic mass is 10.1. The summed E-state index contributed by atoms with van der Waals surface area (Å²) in [5.41, 5.74) is 0.598. The van der Waals surface area contributed by atoms with Gasteiger partial charge in [0, 0.05) is 11.6 Å². The topological polar surface area (TPSA) is 101 Å². The Balaban J connectivity index is 2.24. The Morgan fingerprint density at radius 3 is 2.64 bits per heavy atom. The second-order valence-corrected chi connectivity index (χ2v) is 4.77. The van der Waals surface area contributed by atoms with Crippen molar-refractivity contribution in [3.63, 3.8) is 0 Å². The molecule has 2 aromatic rings. The minimum atomic E-state index is -1.17. The van der Waals surface area contributed by atoms with Gasteiger partial charge >= 0.3 is 5.97 Å². The summed E-state index contributed by atoms with van der Waals surface area (Å²) in [6, 6.07) is 9.75. The van der Waals surface area contributed by atoms with Gasteiger partial charge in [-0.3, -0.25) is 14.4 Å². The standard InChI is InChI=1S/C14H12ClN3O4/c15-10-4-2-1-3-9(10)11-5-6-13(20)18(17-11)8-12(19)16-7-14(21)22/h1-6H,7-8H2,(H,16,19)(H,21,22). The number of nitrogens with one attached hydrogen (secondary N) is 1. The first-order valence-electron chi connectivity index (χ1n) is 6.29. The number of hydrogen-bond acceptors (Lipinski definition) is 4. The number of aromatic nitrogens is 2. The second-order valence-electron chi connectivity index (χ2n) is 4.36. The van der Waals surface area contributed by atoms with Crippen LogP contribution in [0.4, 0.5) is 0 Å². The molecule has 1 heterocycles. The lowest BCUT2D eigenvalue weighted by Crippen LogP contribution is -2.36. The predicted octanol–water partition coefficient (Wildman–Crippen LogP) is 0.764. The number of carboxylic acids is 1. The van der Waals surface area contributed by atoms with Crippen molar-refractivity contribution in [2.45, 2.75) is 6.54 Å². The monoisotopic (exact) mass is 321 g/mol. The van der Waals surface area contributed by atoms with E-state index >= 15 is 0 Å². The molecule has 1 amide bonds. The van der Waals surface area contributed by atoms with Crippen molar-refractivity contribution in [2.24, 2.45) is 0 Å². The van der Waals surface area contributed by atoms with Gasteiger partial charge in [0.1, 0.15) is 13.1 Å². The normalized spacial score (nSPS) is 10.2. The molecule has 114 valence electrons. The van der Waals surface area contributed by atoms with E-state index in [-0.39, 0.29) is 6.54 Å². The molecule has 0 aliphatic heterocycles. The van der Waals surface area contributed by atoms with Crippen molar-refractivity contribution in [1.82, 2.24) is 15.1 Å². The van der Waals surface area contributed by atoms with Crippen molar-refractivity contribution < 1.29 is 14.7 Å². The molecule has 0 atom stereocenters. The van der Waals surface area contributed by atoms with Gasteiger partial charge in [0.2, 0.25) is 5.91 Å². The van der Waals surface area contributed by atoms with E-state index < -0.39 is 24.0 Å². The molecule has 2 rings (SSSR count). The summed E-state index contributed by atoms with van der Waals surface area (Å²) in [7, 11) is 0. The molecule has 22 heavy (non-hydrogen) atoms. The Morgan fingerprint density at radius 2 is 1.95 bits per heavy atom. The van der Waals surface area contributed by atoms with Crippen molar-refractivity contribution in [3.05, 3.63) is 51.8 Å². The van der Waals surface area contributed by atoms with E-state index in [0.717, 1.165) is 4.68 Å². The van der Waals surface area contributed by atoms with Crippen LogP contribution in [0.3, 0.4) is 0 Å². The average Bonchev–Trinajstić information content (AvgIpc) is 2.48. The molecular formula is C14H12ClN3O4. The molecule has 7 nitrogen and oxygen atoms in total. The van der Waals surface area contributed by atoms with Gasteiger partial charge in [-0.2, -0.15) is 5.10 Å². The third-order valence-corrected chi connectivity index (χ3v) is 3.08. The zero-order valence-corrected chi connectivity index (χ0v) is 12.1. The Kier molecular flexibility index (Phi) is 4.90. The van der Waals surface area contributed by atoms with Gasteiger partial charge in [-0.1, -0.05) is 29.8 Å². The molecule has 0 saturated heterocycles. The zero-order valence-electron chi connectivity index (χ0n) is 11.3. The molecule has 0 bridgehead atoms. The van der Waals surface area contributed by atoms with Gasteiger partial charge in [0.05, 0.1) is 10.7 Å². The minimum Gasteiger partial charge on any atom is -0.480 e. The smallest absolute Gasteiger partial charge is 0.322 e. The molecule has 0 radical (unpaired) electrons. The maximum absolute atomic E-state index is 11.7. The number of nitrogens with zero attached hydrogens (tertiary/aromatic N) is 2. The quantitative estimate of drug-likeness (QED) is 0.846. The number of hydrogen-bond donors (Lipinski definition) is 2. The number of amides is 1. The van der Waals surface area contributed by atoms with Crippen LogP contribution < -0.4 is 10.9 Å². The Hall–Kier alpha value is -2.67. The van der Waals surface area contributed by atoms with Crippen LogP contribution in [0.5, 0.6) is 0 Å². The lowest BCUT2D eigenvalue weighted by molar-refractivity contribution is -0.138. The van der Waals surface area contributed by atoms with E-state index in [0.29, 0.717) is 16.3 Å². The van der Waals surface area contributed by atoms with E-state index in [1.54, 1.807) is 24.3 Å². The lowest BCUT2D eigenvalue weighted by Gasteiger charge is -2.08. The van der Waals surface area contributed by atoms with Gasteiger partial charge in [0.25, 0.3) is 5.56 Å². The van der Waals surface area contributed by atoms with Crippen LogP contribution in [0.25, 0.3) is 11.3 Å². The summed E-state index contributed by atoms with van der Waals surface area (Å²) >= 11 is 6.07. The summed E-state index contributed by atoms with van der Waals surface area (Å²) in [4.78, 5) is 33.7. The molecule has 1 aromatic carbocycles. The first-order valence-corrected chi connectivity index (χ1v) is 6.67. The van der Waals surface area contributed by atoms with Crippen LogP contribution in [0, 0.1) is 0 Å². The van der Waals surface area contributed by atoms with Crippen LogP contribution in [-0.4, -0.2) is 33.3 Å². The molecule has 8 heteroatoms. The van der Waals surface area contributed by atoms with Crippen LogP contribution in [0.1, 0.15) is 0 Å². The fourth-order valence-corrected chi connectivity index (χ4v) is 1.97. The van der Waals surface area contributed by atoms with E-state index in [1.807, 2.05) is 0 Å². The Morgan fingerprint density at radius 1 is 1.23 bits per heavy atom. The Bertz CT molecular complexity index is 773. The number of halogens is 1. The summed E-state index contributed by atoms with van der Waals surface area (Å²) < 4.78 is 0.954. The number of aliphatic carboxylic acids is 1. The number of benzene rings is 1. The molecular weight excluding hydrogens is 310 g/mol. The number of carboxylic acid groups (broad SMARTS) is 1. The van der Waals surface area contributed by atoms with Crippen molar-refractivity contribution in [1.29, 1.82) is 0 Å². The molecule has 0 fully saturated rings. The van der Waals surface area contributed by atoms with Gasteiger partial charge in [-0.15, -0.1) is 0 Å². The second kappa shape index (κ2) is 6.86. The van der Waals surface area contributed by atoms with Gasteiger partial charge in [0.15, 0.2) is 0 Å². The predicted molar refractivity (Wildman–Crippen MR) is 79.6 cm³/mol. The third kappa shape index (κ3) is 3.92. The highest BCUT2D eigenvalue weighted by atomic mass is 35.5. The summed E-state index contributed by atoms with van der Waals surface area (Å²) in [6.07, 6.45) is 0. The summed E-state index contributed by atoms with van der Waals surface area (Å²) in [5.74, 6) is -1.79. The van der Waals surface area contributed by atoms with Crippen LogP contribution in [0.2, 0.25) is 5.02 Å². The molecule has 1 aromatic heterocycles. The van der Waals surface area contributed by atoms with E-state index in [9.17, 15) is 14.4 Å². The largest absolute Gasteiger partial charge is 0.480 e. The highest BCUT2D eigenvalue weighted by Crippen LogP contribution is 2.24. The SMILES string of the molecule is O=C(O)CNC(=O)Cn1nc(-c2ccccc2Cl)ccc1=O. The van der Waals surface area contributed by atoms with Crippen LogP contribution in [0.15, 0.2) is 41.2 Å². The van der Waals surface area contributed by atoms with E-state index in [4.69, 9.17) is 16.7 Å².